The van der Waals surface area contributed by atoms with Crippen LogP contribution in [-0.4, -0.2) is 27.6 Å². The summed E-state index contributed by atoms with van der Waals surface area (Å²) >= 11 is 5.93. The van der Waals surface area contributed by atoms with E-state index in [9.17, 15) is 9.50 Å². The van der Waals surface area contributed by atoms with Gasteiger partial charge in [0.15, 0.2) is 0 Å². The Kier molecular flexibility index (Phi) is 4.71. The molecule has 1 aliphatic rings. The summed E-state index contributed by atoms with van der Waals surface area (Å²) in [7, 11) is 0. The lowest BCUT2D eigenvalue weighted by Crippen LogP contribution is -2.30. The zero-order valence-electron chi connectivity index (χ0n) is 12.1. The van der Waals surface area contributed by atoms with Crippen LogP contribution in [0.1, 0.15) is 30.1 Å². The lowest BCUT2D eigenvalue weighted by molar-refractivity contribution is 0.104. The Morgan fingerprint density at radius 1 is 1.27 bits per heavy atom. The normalized spacial score (nSPS) is 16.0. The van der Waals surface area contributed by atoms with Gasteiger partial charge in [0.05, 0.1) is 6.10 Å². The number of hydrogen-bond acceptors (Lipinski definition) is 3. The fourth-order valence-corrected chi connectivity index (χ4v) is 2.77. The molecule has 1 saturated carbocycles. The first-order chi connectivity index (χ1) is 10.6. The van der Waals surface area contributed by atoms with Crippen LogP contribution in [0.15, 0.2) is 42.6 Å². The molecule has 1 aromatic heterocycles. The molecule has 1 unspecified atom stereocenters. The van der Waals surface area contributed by atoms with E-state index in [1.54, 1.807) is 18.3 Å². The summed E-state index contributed by atoms with van der Waals surface area (Å²) in [5, 5.41) is 10.9. The van der Waals surface area contributed by atoms with E-state index in [1.807, 2.05) is 12.1 Å². The average molecular weight is 321 g/mol. The second-order valence-electron chi connectivity index (χ2n) is 5.71. The number of halogens is 2. The van der Waals surface area contributed by atoms with Gasteiger partial charge in [-0.3, -0.25) is 4.90 Å². The predicted molar refractivity (Wildman–Crippen MR) is 84.0 cm³/mol. The van der Waals surface area contributed by atoms with Crippen molar-refractivity contribution < 1.29 is 9.50 Å². The Hall–Kier alpha value is -1.49. The van der Waals surface area contributed by atoms with Crippen molar-refractivity contribution in [1.82, 2.24) is 9.88 Å². The zero-order valence-corrected chi connectivity index (χ0v) is 12.9. The molecule has 2 aromatic rings. The first-order valence-corrected chi connectivity index (χ1v) is 7.77. The van der Waals surface area contributed by atoms with Crippen LogP contribution in [0, 0.1) is 5.82 Å². The van der Waals surface area contributed by atoms with Crippen molar-refractivity contribution in [2.24, 2.45) is 0 Å². The van der Waals surface area contributed by atoms with Gasteiger partial charge >= 0.3 is 0 Å². The molecule has 22 heavy (non-hydrogen) atoms. The molecule has 1 fully saturated rings. The van der Waals surface area contributed by atoms with Gasteiger partial charge in [0.1, 0.15) is 11.0 Å². The van der Waals surface area contributed by atoms with Crippen LogP contribution in [0.4, 0.5) is 4.39 Å². The first kappa shape index (κ1) is 15.4. The maximum absolute atomic E-state index is 13.0. The Bertz CT molecular complexity index is 631. The van der Waals surface area contributed by atoms with E-state index >= 15 is 0 Å². The number of rotatable bonds is 6. The van der Waals surface area contributed by atoms with E-state index in [-0.39, 0.29) is 5.82 Å². The molecule has 1 N–H and O–H groups in total. The van der Waals surface area contributed by atoms with Crippen molar-refractivity contribution in [2.75, 3.05) is 6.54 Å². The van der Waals surface area contributed by atoms with Crippen LogP contribution >= 0.6 is 11.6 Å². The molecule has 0 spiro atoms. The molecule has 1 atom stereocenters. The Balaban J connectivity index is 1.68. The standard InChI is InChI=1S/C17H18ClFN2O/c18-17-9-12(7-8-20-17)10-21(15-5-6-15)11-16(22)13-1-3-14(19)4-2-13/h1-4,7-9,15-16,22H,5-6,10-11H2. The van der Waals surface area contributed by atoms with Crippen LogP contribution in [-0.2, 0) is 6.54 Å². The van der Waals surface area contributed by atoms with Gasteiger partial charge in [-0.1, -0.05) is 23.7 Å². The number of benzene rings is 1. The minimum Gasteiger partial charge on any atom is -0.387 e. The summed E-state index contributed by atoms with van der Waals surface area (Å²) in [5.41, 5.74) is 1.82. The molecule has 0 bridgehead atoms. The summed E-state index contributed by atoms with van der Waals surface area (Å²) in [6.45, 7) is 1.25. The summed E-state index contributed by atoms with van der Waals surface area (Å²) in [6.07, 6.45) is 3.36. The van der Waals surface area contributed by atoms with Crippen molar-refractivity contribution in [3.8, 4) is 0 Å². The van der Waals surface area contributed by atoms with Crippen LogP contribution in [0.2, 0.25) is 5.15 Å². The molecule has 0 saturated heterocycles. The van der Waals surface area contributed by atoms with Gasteiger partial charge in [0, 0.05) is 25.3 Å². The second-order valence-corrected chi connectivity index (χ2v) is 6.10. The molecule has 0 aliphatic heterocycles. The monoisotopic (exact) mass is 320 g/mol. The van der Waals surface area contributed by atoms with Crippen molar-refractivity contribution in [1.29, 1.82) is 0 Å². The van der Waals surface area contributed by atoms with Gasteiger partial charge in [-0.05, 0) is 48.2 Å². The number of pyridine rings is 1. The molecule has 0 radical (unpaired) electrons. The molecule has 0 amide bonds. The zero-order chi connectivity index (χ0) is 15.5. The predicted octanol–water partition coefficient (Wildman–Crippen LogP) is 3.57. The molecular formula is C17H18ClFN2O. The van der Waals surface area contributed by atoms with E-state index in [1.165, 1.54) is 12.1 Å². The summed E-state index contributed by atoms with van der Waals surface area (Å²) in [4.78, 5) is 6.24. The van der Waals surface area contributed by atoms with Gasteiger partial charge in [-0.25, -0.2) is 9.37 Å². The van der Waals surface area contributed by atoms with Crippen LogP contribution in [0.5, 0.6) is 0 Å². The Morgan fingerprint density at radius 2 is 2.00 bits per heavy atom. The number of aliphatic hydroxyl groups excluding tert-OH is 1. The summed E-state index contributed by atoms with van der Waals surface area (Å²) < 4.78 is 13.0. The molecule has 116 valence electrons. The second kappa shape index (κ2) is 6.73. The third-order valence-electron chi connectivity index (χ3n) is 3.90. The first-order valence-electron chi connectivity index (χ1n) is 7.40. The van der Waals surface area contributed by atoms with Gasteiger partial charge in [-0.15, -0.1) is 0 Å². The molecule has 5 heteroatoms. The van der Waals surface area contributed by atoms with Crippen molar-refractivity contribution in [3.63, 3.8) is 0 Å². The fraction of sp³-hybridized carbons (Fsp3) is 0.353. The maximum atomic E-state index is 13.0. The maximum Gasteiger partial charge on any atom is 0.129 e. The molecule has 3 nitrogen and oxygen atoms in total. The van der Waals surface area contributed by atoms with Gasteiger partial charge < -0.3 is 5.11 Å². The summed E-state index contributed by atoms with van der Waals surface area (Å²) in [5.74, 6) is -0.290. The third-order valence-corrected chi connectivity index (χ3v) is 4.11. The molecule has 3 rings (SSSR count). The van der Waals surface area contributed by atoms with E-state index < -0.39 is 6.10 Å². The largest absolute Gasteiger partial charge is 0.387 e. The van der Waals surface area contributed by atoms with E-state index in [0.717, 1.165) is 30.5 Å². The van der Waals surface area contributed by atoms with Crippen molar-refractivity contribution >= 4 is 11.6 Å². The van der Waals surface area contributed by atoms with Crippen LogP contribution in [0.3, 0.4) is 0 Å². The van der Waals surface area contributed by atoms with E-state index in [4.69, 9.17) is 11.6 Å². The minimum atomic E-state index is -0.626. The topological polar surface area (TPSA) is 36.4 Å². The molecule has 1 heterocycles. The highest BCUT2D eigenvalue weighted by atomic mass is 35.5. The molecular weight excluding hydrogens is 303 g/mol. The smallest absolute Gasteiger partial charge is 0.129 e. The summed E-state index contributed by atoms with van der Waals surface area (Å²) in [6, 6.07) is 10.3. The Labute approximate surface area is 134 Å². The highest BCUT2D eigenvalue weighted by Crippen LogP contribution is 2.30. The van der Waals surface area contributed by atoms with E-state index in [2.05, 4.69) is 9.88 Å². The van der Waals surface area contributed by atoms with Crippen LogP contribution in [0.25, 0.3) is 0 Å². The quantitative estimate of drug-likeness (QED) is 0.827. The Morgan fingerprint density at radius 3 is 2.64 bits per heavy atom. The van der Waals surface area contributed by atoms with Gasteiger partial charge in [0.2, 0.25) is 0 Å². The highest BCUT2D eigenvalue weighted by Gasteiger charge is 2.30. The van der Waals surface area contributed by atoms with Crippen molar-refractivity contribution in [2.45, 2.75) is 31.5 Å². The van der Waals surface area contributed by atoms with Crippen LogP contribution < -0.4 is 0 Å². The average Bonchev–Trinajstić information content (AvgIpc) is 3.32. The number of nitrogens with zero attached hydrogens (tertiary/aromatic N) is 2. The third kappa shape index (κ3) is 4.03. The fourth-order valence-electron chi connectivity index (χ4n) is 2.57. The number of aromatic nitrogens is 1. The minimum absolute atomic E-state index is 0.290. The van der Waals surface area contributed by atoms with Crippen molar-refractivity contribution in [3.05, 3.63) is 64.7 Å². The number of hydrogen-bond donors (Lipinski definition) is 1. The molecule has 1 aromatic carbocycles. The number of aliphatic hydroxyl groups is 1. The lowest BCUT2D eigenvalue weighted by atomic mass is 10.1. The van der Waals surface area contributed by atoms with Gasteiger partial charge in [-0.2, -0.15) is 0 Å². The SMILES string of the molecule is OC(CN(Cc1ccnc(Cl)c1)C1CC1)c1ccc(F)cc1. The highest BCUT2D eigenvalue weighted by molar-refractivity contribution is 6.29. The molecule has 1 aliphatic carbocycles. The van der Waals surface area contributed by atoms with E-state index in [0.29, 0.717) is 17.7 Å². The van der Waals surface area contributed by atoms with Gasteiger partial charge in [0.25, 0.3) is 0 Å². The lowest BCUT2D eigenvalue weighted by Gasteiger charge is -2.25.